The lowest BCUT2D eigenvalue weighted by Gasteiger charge is -2.23. The lowest BCUT2D eigenvalue weighted by atomic mass is 9.99. The molecule has 1 aliphatic rings. The Balaban J connectivity index is 1.57. The Morgan fingerprint density at radius 1 is 1.06 bits per heavy atom. The number of carbonyl (C=O) groups excluding carboxylic acids is 1. The van der Waals surface area contributed by atoms with E-state index >= 15 is 0 Å². The number of hydrogen-bond donors (Lipinski definition) is 2. The maximum Gasteiger partial charge on any atom is 0.325 e. The van der Waals surface area contributed by atoms with E-state index in [9.17, 15) is 9.59 Å². The fraction of sp³-hybridized carbons (Fsp3) is 0.321. The number of pyridine rings is 1. The molecule has 1 aliphatic heterocycles. The second-order valence-corrected chi connectivity index (χ2v) is 8.85. The number of nitrogens with one attached hydrogen (secondary N) is 1. The Bertz CT molecular complexity index is 1180. The van der Waals surface area contributed by atoms with Crippen molar-refractivity contribution < 1.29 is 24.2 Å². The zero-order valence-corrected chi connectivity index (χ0v) is 20.4. The molecule has 188 valence electrons. The normalized spacial score (nSPS) is 15.6. The highest BCUT2D eigenvalue weighted by atomic mass is 16.5. The van der Waals surface area contributed by atoms with Crippen LogP contribution in [0.25, 0.3) is 0 Å². The Labute approximate surface area is 210 Å². The van der Waals surface area contributed by atoms with Gasteiger partial charge < -0.3 is 19.9 Å². The third-order valence-electron chi connectivity index (χ3n) is 5.98. The number of amides is 1. The first-order valence-electron chi connectivity index (χ1n) is 12.0. The molecule has 1 atom stereocenters. The SMILES string of the molecule is CC(NC(=O)c1ccc2c(c1)Cc1cccc(c1)CN(Cc1ccccn1)CCOCCO2)C(=O)O. The van der Waals surface area contributed by atoms with E-state index in [1.165, 1.54) is 12.5 Å². The van der Waals surface area contributed by atoms with Gasteiger partial charge in [0, 0.05) is 37.8 Å². The zero-order valence-electron chi connectivity index (χ0n) is 20.4. The summed E-state index contributed by atoms with van der Waals surface area (Å²) in [4.78, 5) is 30.5. The second kappa shape index (κ2) is 12.3. The third kappa shape index (κ3) is 7.13. The molecule has 2 aromatic carbocycles. The molecule has 3 aromatic rings. The number of fused-ring (bicyclic) bond motifs is 3. The summed E-state index contributed by atoms with van der Waals surface area (Å²) in [6.45, 7) is 5.09. The molecule has 2 heterocycles. The van der Waals surface area contributed by atoms with E-state index < -0.39 is 17.9 Å². The number of benzene rings is 2. The van der Waals surface area contributed by atoms with Crippen LogP contribution in [0.15, 0.2) is 66.9 Å². The predicted octanol–water partition coefficient (Wildman–Crippen LogP) is 3.29. The Morgan fingerprint density at radius 2 is 1.92 bits per heavy atom. The molecule has 0 saturated heterocycles. The maximum atomic E-state index is 12.6. The van der Waals surface area contributed by atoms with Crippen LogP contribution in [0.2, 0.25) is 0 Å². The molecular weight excluding hydrogens is 458 g/mol. The van der Waals surface area contributed by atoms with E-state index in [1.807, 2.05) is 30.5 Å². The second-order valence-electron chi connectivity index (χ2n) is 8.85. The summed E-state index contributed by atoms with van der Waals surface area (Å²) in [6.07, 6.45) is 2.38. The van der Waals surface area contributed by atoms with Crippen LogP contribution < -0.4 is 10.1 Å². The predicted molar refractivity (Wildman–Crippen MR) is 135 cm³/mol. The van der Waals surface area contributed by atoms with Crippen molar-refractivity contribution in [3.8, 4) is 5.75 Å². The molecule has 0 fully saturated rings. The molecule has 0 saturated carbocycles. The summed E-state index contributed by atoms with van der Waals surface area (Å²) in [5.41, 5.74) is 4.52. The molecule has 36 heavy (non-hydrogen) atoms. The lowest BCUT2D eigenvalue weighted by molar-refractivity contribution is -0.138. The van der Waals surface area contributed by atoms with Crippen LogP contribution in [-0.4, -0.2) is 59.3 Å². The van der Waals surface area contributed by atoms with Gasteiger partial charge in [-0.25, -0.2) is 0 Å². The minimum absolute atomic E-state index is 0.384. The molecule has 0 aliphatic carbocycles. The zero-order chi connectivity index (χ0) is 25.3. The summed E-state index contributed by atoms with van der Waals surface area (Å²) >= 11 is 0. The topological polar surface area (TPSA) is 101 Å². The number of carboxylic acids is 1. The van der Waals surface area contributed by atoms with Gasteiger partial charge in [-0.3, -0.25) is 19.5 Å². The number of rotatable bonds is 5. The molecule has 1 amide bonds. The van der Waals surface area contributed by atoms with Gasteiger partial charge in [0.2, 0.25) is 0 Å². The molecule has 0 radical (unpaired) electrons. The van der Waals surface area contributed by atoms with Gasteiger partial charge in [0.05, 0.1) is 18.9 Å². The summed E-state index contributed by atoms with van der Waals surface area (Å²) in [7, 11) is 0. The largest absolute Gasteiger partial charge is 0.491 e. The first-order valence-corrected chi connectivity index (χ1v) is 12.0. The van der Waals surface area contributed by atoms with Crippen molar-refractivity contribution in [1.82, 2.24) is 15.2 Å². The van der Waals surface area contributed by atoms with Crippen molar-refractivity contribution in [2.75, 3.05) is 26.4 Å². The summed E-state index contributed by atoms with van der Waals surface area (Å²) in [5, 5.41) is 11.6. The van der Waals surface area contributed by atoms with Crippen LogP contribution in [0.1, 0.15) is 39.7 Å². The highest BCUT2D eigenvalue weighted by Crippen LogP contribution is 2.25. The van der Waals surface area contributed by atoms with Crippen LogP contribution in [0.5, 0.6) is 5.75 Å². The Morgan fingerprint density at radius 3 is 2.72 bits per heavy atom. The highest BCUT2D eigenvalue weighted by Gasteiger charge is 2.17. The molecule has 4 rings (SSSR count). The number of carboxylic acid groups (broad SMARTS) is 1. The average molecular weight is 490 g/mol. The smallest absolute Gasteiger partial charge is 0.325 e. The fourth-order valence-electron chi connectivity index (χ4n) is 4.10. The van der Waals surface area contributed by atoms with E-state index in [0.717, 1.165) is 36.5 Å². The average Bonchev–Trinajstić information content (AvgIpc) is 2.87. The van der Waals surface area contributed by atoms with Gasteiger partial charge in [0.25, 0.3) is 5.91 Å². The minimum atomic E-state index is -1.08. The van der Waals surface area contributed by atoms with Crippen LogP contribution in [0.4, 0.5) is 0 Å². The Kier molecular flexibility index (Phi) is 8.65. The van der Waals surface area contributed by atoms with Crippen molar-refractivity contribution in [1.29, 1.82) is 0 Å². The lowest BCUT2D eigenvalue weighted by Crippen LogP contribution is -2.38. The standard InChI is InChI=1S/C28H31N3O5/c1-20(28(33)34)30-27(32)23-8-9-26-24(17-23)16-21-5-4-6-22(15-21)18-31(11-12-35-13-14-36-26)19-25-7-2-3-10-29-25/h2-10,15,17,20H,11-14,16,18-19H2,1H3,(H,30,32)(H,33,34). The van der Waals surface area contributed by atoms with Gasteiger partial charge in [-0.15, -0.1) is 0 Å². The van der Waals surface area contributed by atoms with Crippen molar-refractivity contribution >= 4 is 11.9 Å². The van der Waals surface area contributed by atoms with Crippen molar-refractivity contribution in [2.24, 2.45) is 0 Å². The molecule has 1 aromatic heterocycles. The third-order valence-corrected chi connectivity index (χ3v) is 5.98. The first-order chi connectivity index (χ1) is 17.5. The van der Waals surface area contributed by atoms with E-state index in [0.29, 0.717) is 37.6 Å². The van der Waals surface area contributed by atoms with Crippen LogP contribution >= 0.6 is 0 Å². The van der Waals surface area contributed by atoms with Crippen LogP contribution in [-0.2, 0) is 29.0 Å². The molecule has 0 spiro atoms. The number of aliphatic carboxylic acids is 1. The molecule has 1 unspecified atom stereocenters. The van der Waals surface area contributed by atoms with Crippen molar-refractivity contribution in [2.45, 2.75) is 32.5 Å². The fourth-order valence-corrected chi connectivity index (χ4v) is 4.10. The van der Waals surface area contributed by atoms with Gasteiger partial charge in [0.1, 0.15) is 18.4 Å². The van der Waals surface area contributed by atoms with Crippen molar-refractivity contribution in [3.63, 3.8) is 0 Å². The van der Waals surface area contributed by atoms with E-state index in [-0.39, 0.29) is 0 Å². The quantitative estimate of drug-likeness (QED) is 0.567. The number of carbonyl (C=O) groups is 2. The number of hydrogen-bond acceptors (Lipinski definition) is 6. The molecule has 2 bridgehead atoms. The molecule has 8 heteroatoms. The number of ether oxygens (including phenoxy) is 2. The van der Waals surface area contributed by atoms with Crippen molar-refractivity contribution in [3.05, 3.63) is 94.8 Å². The first kappa shape index (κ1) is 25.3. The molecule has 2 N–H and O–H groups in total. The van der Waals surface area contributed by atoms with Gasteiger partial charge in [-0.2, -0.15) is 0 Å². The summed E-state index contributed by atoms with van der Waals surface area (Å²) < 4.78 is 11.8. The summed E-state index contributed by atoms with van der Waals surface area (Å²) in [6, 6.07) is 18.5. The van der Waals surface area contributed by atoms with Gasteiger partial charge in [0.15, 0.2) is 0 Å². The van der Waals surface area contributed by atoms with E-state index in [4.69, 9.17) is 14.6 Å². The molecular formula is C28H31N3O5. The monoisotopic (exact) mass is 489 g/mol. The minimum Gasteiger partial charge on any atom is -0.491 e. The van der Waals surface area contributed by atoms with Crippen LogP contribution in [0.3, 0.4) is 0 Å². The van der Waals surface area contributed by atoms with E-state index in [1.54, 1.807) is 18.2 Å². The maximum absolute atomic E-state index is 12.6. The summed E-state index contributed by atoms with van der Waals surface area (Å²) in [5.74, 6) is -0.839. The molecule has 8 nitrogen and oxygen atoms in total. The van der Waals surface area contributed by atoms with Gasteiger partial charge >= 0.3 is 5.97 Å². The highest BCUT2D eigenvalue weighted by molar-refractivity contribution is 5.96. The number of nitrogens with zero attached hydrogens (tertiary/aromatic N) is 2. The Hall–Kier alpha value is -3.75. The number of aromatic nitrogens is 1. The van der Waals surface area contributed by atoms with Crippen LogP contribution in [0, 0.1) is 0 Å². The van der Waals surface area contributed by atoms with E-state index in [2.05, 4.69) is 33.4 Å². The van der Waals surface area contributed by atoms with Gasteiger partial charge in [-0.05, 0) is 53.9 Å². The van der Waals surface area contributed by atoms with Gasteiger partial charge in [-0.1, -0.05) is 30.3 Å².